The lowest BCUT2D eigenvalue weighted by molar-refractivity contribution is 0.418. The lowest BCUT2D eigenvalue weighted by Crippen LogP contribution is -2.39. The van der Waals surface area contributed by atoms with Gasteiger partial charge in [-0.05, 0) is 43.9 Å². The fraction of sp³-hybridized carbons (Fsp3) is 0.471. The molecule has 112 valence electrons. The molecule has 1 aliphatic heterocycles. The minimum atomic E-state index is 0.588. The number of nitrogens with two attached hydrogens (primary N) is 1. The molecule has 4 heteroatoms. The van der Waals surface area contributed by atoms with Crippen molar-refractivity contribution in [2.24, 2.45) is 11.7 Å². The second-order valence-corrected chi connectivity index (χ2v) is 5.78. The zero-order chi connectivity index (χ0) is 14.7. The Hall–Kier alpha value is -1.81. The van der Waals surface area contributed by atoms with E-state index in [0.717, 1.165) is 37.7 Å². The van der Waals surface area contributed by atoms with Crippen LogP contribution in [0.4, 0.5) is 5.95 Å². The Labute approximate surface area is 126 Å². The van der Waals surface area contributed by atoms with Gasteiger partial charge >= 0.3 is 0 Å². The van der Waals surface area contributed by atoms with Crippen molar-refractivity contribution < 1.29 is 0 Å². The maximum Gasteiger partial charge on any atom is 0.210 e. The third-order valence-corrected chi connectivity index (χ3v) is 4.27. The van der Waals surface area contributed by atoms with E-state index in [9.17, 15) is 0 Å². The lowest BCUT2D eigenvalue weighted by Gasteiger charge is -2.33. The Morgan fingerprint density at radius 3 is 2.81 bits per heavy atom. The van der Waals surface area contributed by atoms with E-state index in [-0.39, 0.29) is 0 Å². The van der Waals surface area contributed by atoms with E-state index in [2.05, 4.69) is 46.9 Å². The third kappa shape index (κ3) is 2.95. The molecule has 2 heterocycles. The van der Waals surface area contributed by atoms with Crippen molar-refractivity contribution >= 4 is 5.95 Å². The van der Waals surface area contributed by atoms with Crippen LogP contribution in [-0.2, 0) is 6.42 Å². The first-order valence-corrected chi connectivity index (χ1v) is 7.90. The van der Waals surface area contributed by atoms with Gasteiger partial charge in [-0.2, -0.15) is 0 Å². The number of hydrogen-bond donors (Lipinski definition) is 1. The summed E-state index contributed by atoms with van der Waals surface area (Å²) in [5.41, 5.74) is 8.19. The topological polar surface area (TPSA) is 47.1 Å². The van der Waals surface area contributed by atoms with Gasteiger partial charge in [0.1, 0.15) is 0 Å². The summed E-state index contributed by atoms with van der Waals surface area (Å²) in [6, 6.07) is 10.5. The highest BCUT2D eigenvalue weighted by molar-refractivity contribution is 5.45. The summed E-state index contributed by atoms with van der Waals surface area (Å²) in [5, 5.41) is 0. The minimum Gasteiger partial charge on any atom is -0.342 e. The molecule has 2 N–H and O–H groups in total. The Morgan fingerprint density at radius 2 is 2.10 bits per heavy atom. The van der Waals surface area contributed by atoms with Crippen LogP contribution in [-0.4, -0.2) is 29.2 Å². The molecular formula is C17H24N4. The molecule has 0 spiro atoms. The highest BCUT2D eigenvalue weighted by atomic mass is 15.3. The number of anilines is 1. The molecule has 1 fully saturated rings. The predicted molar refractivity (Wildman–Crippen MR) is 86.9 cm³/mol. The number of hydrogen-bond acceptors (Lipinski definition) is 3. The van der Waals surface area contributed by atoms with E-state index in [0.29, 0.717) is 5.92 Å². The first kappa shape index (κ1) is 14.1. The summed E-state index contributed by atoms with van der Waals surface area (Å²) in [7, 11) is 0. The van der Waals surface area contributed by atoms with Crippen LogP contribution in [0, 0.1) is 5.92 Å². The average Bonchev–Trinajstić information content (AvgIpc) is 3.00. The standard InChI is InChI=1S/C17H24N4/c1-2-15-13-21(16-8-4-3-5-9-16)17(19-15)20-10-6-7-14(11-18)12-20/h3-5,8-9,13-14H,2,6-7,10-12,18H2,1H3. The van der Waals surface area contributed by atoms with Gasteiger partial charge in [-0.3, -0.25) is 4.57 Å². The number of aromatic nitrogens is 2. The lowest BCUT2D eigenvalue weighted by atomic mass is 9.99. The van der Waals surface area contributed by atoms with Crippen molar-refractivity contribution in [3.8, 4) is 5.69 Å². The quantitative estimate of drug-likeness (QED) is 0.939. The molecule has 1 aromatic heterocycles. The molecule has 1 aromatic carbocycles. The first-order valence-electron chi connectivity index (χ1n) is 7.90. The molecule has 0 aliphatic carbocycles. The summed E-state index contributed by atoms with van der Waals surface area (Å²) in [6.45, 7) is 5.01. The van der Waals surface area contributed by atoms with Gasteiger partial charge in [0.15, 0.2) is 0 Å². The Kier molecular flexibility index (Phi) is 4.25. The van der Waals surface area contributed by atoms with Crippen LogP contribution < -0.4 is 10.6 Å². The van der Waals surface area contributed by atoms with Crippen LogP contribution >= 0.6 is 0 Å². The molecule has 1 aliphatic rings. The molecular weight excluding hydrogens is 260 g/mol. The molecule has 1 atom stereocenters. The number of piperidine rings is 1. The van der Waals surface area contributed by atoms with E-state index in [4.69, 9.17) is 10.7 Å². The molecule has 0 saturated carbocycles. The number of imidazole rings is 1. The number of aryl methyl sites for hydroxylation is 1. The Balaban J connectivity index is 1.95. The SMILES string of the molecule is CCc1cn(-c2ccccc2)c(N2CCCC(CN)C2)n1. The zero-order valence-corrected chi connectivity index (χ0v) is 12.7. The first-order chi connectivity index (χ1) is 10.3. The van der Waals surface area contributed by atoms with Crippen molar-refractivity contribution in [1.29, 1.82) is 0 Å². The fourth-order valence-corrected chi connectivity index (χ4v) is 3.03. The highest BCUT2D eigenvalue weighted by Gasteiger charge is 2.23. The monoisotopic (exact) mass is 284 g/mol. The summed E-state index contributed by atoms with van der Waals surface area (Å²) in [6.07, 6.45) is 5.56. The van der Waals surface area contributed by atoms with E-state index in [1.807, 2.05) is 6.07 Å². The normalized spacial score (nSPS) is 19.0. The van der Waals surface area contributed by atoms with Crippen LogP contribution in [0.5, 0.6) is 0 Å². The number of para-hydroxylation sites is 1. The van der Waals surface area contributed by atoms with Gasteiger partial charge in [0.05, 0.1) is 5.69 Å². The number of rotatable bonds is 4. The van der Waals surface area contributed by atoms with Gasteiger partial charge in [-0.1, -0.05) is 25.1 Å². The number of benzene rings is 1. The smallest absolute Gasteiger partial charge is 0.210 e. The van der Waals surface area contributed by atoms with Gasteiger partial charge in [0.2, 0.25) is 5.95 Å². The van der Waals surface area contributed by atoms with Gasteiger partial charge in [0.25, 0.3) is 0 Å². The molecule has 21 heavy (non-hydrogen) atoms. The minimum absolute atomic E-state index is 0.588. The third-order valence-electron chi connectivity index (χ3n) is 4.27. The van der Waals surface area contributed by atoms with Crippen LogP contribution in [0.25, 0.3) is 5.69 Å². The van der Waals surface area contributed by atoms with Gasteiger partial charge in [-0.15, -0.1) is 0 Å². The summed E-state index contributed by atoms with van der Waals surface area (Å²) in [5.74, 6) is 1.65. The Morgan fingerprint density at radius 1 is 1.29 bits per heavy atom. The predicted octanol–water partition coefficient (Wildman–Crippen LogP) is 2.61. The van der Waals surface area contributed by atoms with Gasteiger partial charge in [-0.25, -0.2) is 4.98 Å². The highest BCUT2D eigenvalue weighted by Crippen LogP contribution is 2.25. The van der Waals surface area contributed by atoms with E-state index < -0.39 is 0 Å². The van der Waals surface area contributed by atoms with E-state index >= 15 is 0 Å². The van der Waals surface area contributed by atoms with Crippen molar-refractivity contribution in [2.45, 2.75) is 26.2 Å². The Bertz CT molecular complexity index is 576. The largest absolute Gasteiger partial charge is 0.342 e. The molecule has 0 bridgehead atoms. The second-order valence-electron chi connectivity index (χ2n) is 5.78. The molecule has 0 amide bonds. The maximum absolute atomic E-state index is 5.87. The van der Waals surface area contributed by atoms with Crippen molar-refractivity contribution in [3.05, 3.63) is 42.2 Å². The van der Waals surface area contributed by atoms with Crippen molar-refractivity contribution in [3.63, 3.8) is 0 Å². The van der Waals surface area contributed by atoms with Crippen LogP contribution in [0.2, 0.25) is 0 Å². The summed E-state index contributed by atoms with van der Waals surface area (Å²) in [4.78, 5) is 7.24. The average molecular weight is 284 g/mol. The molecule has 4 nitrogen and oxygen atoms in total. The van der Waals surface area contributed by atoms with Crippen LogP contribution in [0.3, 0.4) is 0 Å². The fourth-order valence-electron chi connectivity index (χ4n) is 3.03. The zero-order valence-electron chi connectivity index (χ0n) is 12.7. The van der Waals surface area contributed by atoms with Crippen LogP contribution in [0.1, 0.15) is 25.5 Å². The molecule has 2 aromatic rings. The van der Waals surface area contributed by atoms with Gasteiger partial charge in [0, 0.05) is 25.0 Å². The molecule has 0 radical (unpaired) electrons. The molecule has 1 unspecified atom stereocenters. The van der Waals surface area contributed by atoms with Crippen molar-refractivity contribution in [2.75, 3.05) is 24.5 Å². The number of nitrogens with zero attached hydrogens (tertiary/aromatic N) is 3. The maximum atomic E-state index is 5.87. The van der Waals surface area contributed by atoms with Crippen LogP contribution in [0.15, 0.2) is 36.5 Å². The molecule has 3 rings (SSSR count). The second kappa shape index (κ2) is 6.31. The summed E-state index contributed by atoms with van der Waals surface area (Å²) < 4.78 is 2.22. The summed E-state index contributed by atoms with van der Waals surface area (Å²) >= 11 is 0. The van der Waals surface area contributed by atoms with E-state index in [1.165, 1.54) is 18.5 Å². The van der Waals surface area contributed by atoms with E-state index in [1.54, 1.807) is 0 Å². The van der Waals surface area contributed by atoms with Crippen molar-refractivity contribution in [1.82, 2.24) is 9.55 Å². The molecule has 1 saturated heterocycles. The van der Waals surface area contributed by atoms with Gasteiger partial charge < -0.3 is 10.6 Å².